The van der Waals surface area contributed by atoms with Crippen molar-refractivity contribution in [2.75, 3.05) is 26.2 Å². The zero-order chi connectivity index (χ0) is 14.8. The molecule has 0 unspecified atom stereocenters. The highest BCUT2D eigenvalue weighted by Crippen LogP contribution is 2.20. The second-order valence-corrected chi connectivity index (χ2v) is 7.33. The van der Waals surface area contributed by atoms with Crippen molar-refractivity contribution in [3.05, 3.63) is 38.0 Å². The number of nitrogens with zero attached hydrogens (tertiary/aromatic N) is 3. The van der Waals surface area contributed by atoms with Crippen LogP contribution in [0.2, 0.25) is 0 Å². The maximum Gasteiger partial charge on any atom is 0.265 e. The van der Waals surface area contributed by atoms with Crippen LogP contribution in [0.15, 0.2) is 16.8 Å². The molecule has 0 atom stereocenters. The fourth-order valence-electron chi connectivity index (χ4n) is 2.62. The minimum Gasteiger partial charge on any atom is -0.335 e. The van der Waals surface area contributed by atoms with Gasteiger partial charge in [0, 0.05) is 32.7 Å². The number of hydrogen-bond acceptors (Lipinski definition) is 5. The van der Waals surface area contributed by atoms with Crippen LogP contribution in [0.5, 0.6) is 0 Å². The lowest BCUT2D eigenvalue weighted by Gasteiger charge is -2.34. The fourth-order valence-corrected chi connectivity index (χ4v) is 4.17. The van der Waals surface area contributed by atoms with E-state index in [-0.39, 0.29) is 5.91 Å². The minimum atomic E-state index is 0.147. The van der Waals surface area contributed by atoms with Crippen LogP contribution in [0.4, 0.5) is 0 Å². The van der Waals surface area contributed by atoms with E-state index in [4.69, 9.17) is 0 Å². The first kappa shape index (κ1) is 14.7. The highest BCUT2D eigenvalue weighted by Gasteiger charge is 2.24. The normalized spacial score (nSPS) is 16.4. The van der Waals surface area contributed by atoms with E-state index < -0.39 is 0 Å². The lowest BCUT2D eigenvalue weighted by molar-refractivity contribution is 0.0632. The molecule has 2 aromatic heterocycles. The summed E-state index contributed by atoms with van der Waals surface area (Å²) < 4.78 is 0. The predicted octanol–water partition coefficient (Wildman–Crippen LogP) is 2.78. The van der Waals surface area contributed by atoms with Crippen molar-refractivity contribution in [2.24, 2.45) is 0 Å². The highest BCUT2D eigenvalue weighted by atomic mass is 32.1. The Morgan fingerprint density at radius 2 is 2.05 bits per heavy atom. The number of carbonyl (C=O) groups is 1. The lowest BCUT2D eigenvalue weighted by atomic mass is 10.2. The summed E-state index contributed by atoms with van der Waals surface area (Å²) in [6.45, 7) is 8.36. The molecule has 0 spiro atoms. The Labute approximate surface area is 133 Å². The third kappa shape index (κ3) is 3.33. The second kappa shape index (κ2) is 6.25. The van der Waals surface area contributed by atoms with Crippen LogP contribution in [0.1, 0.15) is 25.9 Å². The average molecular weight is 321 g/mol. The van der Waals surface area contributed by atoms with Crippen molar-refractivity contribution >= 4 is 28.6 Å². The average Bonchev–Trinajstić information content (AvgIpc) is 3.08. The number of aryl methyl sites for hydroxylation is 2. The van der Waals surface area contributed by atoms with Gasteiger partial charge in [0.05, 0.1) is 10.7 Å². The Kier molecular flexibility index (Phi) is 4.37. The van der Waals surface area contributed by atoms with Crippen LogP contribution in [0, 0.1) is 13.8 Å². The van der Waals surface area contributed by atoms with Crippen LogP contribution in [0.25, 0.3) is 0 Å². The molecule has 3 heterocycles. The van der Waals surface area contributed by atoms with Crippen LogP contribution < -0.4 is 0 Å². The summed E-state index contributed by atoms with van der Waals surface area (Å²) in [6.07, 6.45) is 0. The van der Waals surface area contributed by atoms with Gasteiger partial charge in [0.1, 0.15) is 4.88 Å². The molecule has 2 aromatic rings. The Morgan fingerprint density at radius 3 is 2.62 bits per heavy atom. The van der Waals surface area contributed by atoms with E-state index in [1.54, 1.807) is 11.3 Å². The molecule has 0 aromatic carbocycles. The molecule has 1 amide bonds. The van der Waals surface area contributed by atoms with Gasteiger partial charge >= 0.3 is 0 Å². The van der Waals surface area contributed by atoms with Crippen LogP contribution in [0.3, 0.4) is 0 Å². The molecule has 112 valence electrons. The first-order chi connectivity index (χ1) is 10.1. The third-order valence-corrected chi connectivity index (χ3v) is 5.54. The maximum absolute atomic E-state index is 12.5. The van der Waals surface area contributed by atoms with E-state index in [9.17, 15) is 4.79 Å². The van der Waals surface area contributed by atoms with Crippen molar-refractivity contribution < 1.29 is 4.79 Å². The largest absolute Gasteiger partial charge is 0.335 e. The van der Waals surface area contributed by atoms with Gasteiger partial charge in [-0.1, -0.05) is 0 Å². The van der Waals surface area contributed by atoms with Gasteiger partial charge in [0.2, 0.25) is 0 Å². The summed E-state index contributed by atoms with van der Waals surface area (Å²) in [4.78, 5) is 22.1. The quantitative estimate of drug-likeness (QED) is 0.872. The molecule has 1 aliphatic rings. The first-order valence-corrected chi connectivity index (χ1v) is 8.86. The number of thiophene rings is 1. The zero-order valence-corrected chi connectivity index (χ0v) is 14.0. The van der Waals surface area contributed by atoms with Crippen molar-refractivity contribution in [1.29, 1.82) is 0 Å². The highest BCUT2D eigenvalue weighted by molar-refractivity contribution is 7.13. The molecule has 0 aliphatic carbocycles. The smallest absolute Gasteiger partial charge is 0.265 e. The third-order valence-electron chi connectivity index (χ3n) is 3.74. The summed E-state index contributed by atoms with van der Waals surface area (Å²) in [7, 11) is 0. The molecule has 1 fully saturated rings. The number of hydrogen-bond donors (Lipinski definition) is 0. The number of piperazine rings is 1. The van der Waals surface area contributed by atoms with Gasteiger partial charge in [0.15, 0.2) is 0 Å². The summed E-state index contributed by atoms with van der Waals surface area (Å²) in [5, 5.41) is 5.28. The fraction of sp³-hybridized carbons (Fsp3) is 0.467. The van der Waals surface area contributed by atoms with Gasteiger partial charge in [-0.3, -0.25) is 9.69 Å². The van der Waals surface area contributed by atoms with Gasteiger partial charge in [-0.25, -0.2) is 4.98 Å². The molecule has 0 radical (unpaired) electrons. The van der Waals surface area contributed by atoms with E-state index in [0.717, 1.165) is 48.3 Å². The molecular weight excluding hydrogens is 302 g/mol. The predicted molar refractivity (Wildman–Crippen MR) is 87.1 cm³/mol. The topological polar surface area (TPSA) is 36.4 Å². The summed E-state index contributed by atoms with van der Waals surface area (Å²) in [6, 6.07) is 2.17. The van der Waals surface area contributed by atoms with E-state index in [1.165, 1.54) is 16.9 Å². The minimum absolute atomic E-state index is 0.147. The van der Waals surface area contributed by atoms with Crippen molar-refractivity contribution in [3.8, 4) is 0 Å². The van der Waals surface area contributed by atoms with Gasteiger partial charge in [-0.15, -0.1) is 11.3 Å². The number of amides is 1. The molecular formula is C15H19N3OS2. The van der Waals surface area contributed by atoms with Crippen molar-refractivity contribution in [1.82, 2.24) is 14.8 Å². The second-order valence-electron chi connectivity index (χ2n) is 5.35. The van der Waals surface area contributed by atoms with Crippen LogP contribution in [-0.4, -0.2) is 46.9 Å². The van der Waals surface area contributed by atoms with Crippen LogP contribution in [-0.2, 0) is 6.54 Å². The Morgan fingerprint density at radius 1 is 1.29 bits per heavy atom. The van der Waals surface area contributed by atoms with E-state index in [0.29, 0.717) is 0 Å². The number of aromatic nitrogens is 1. The summed E-state index contributed by atoms with van der Waals surface area (Å²) in [5.41, 5.74) is 2.23. The van der Waals surface area contributed by atoms with Gasteiger partial charge in [-0.05, 0) is 36.2 Å². The Balaban J connectivity index is 1.58. The first-order valence-electron chi connectivity index (χ1n) is 7.10. The van der Waals surface area contributed by atoms with Crippen molar-refractivity contribution in [2.45, 2.75) is 20.4 Å². The Bertz CT molecular complexity index is 613. The van der Waals surface area contributed by atoms with E-state index in [1.807, 2.05) is 18.7 Å². The van der Waals surface area contributed by atoms with Gasteiger partial charge in [-0.2, -0.15) is 11.3 Å². The molecule has 1 aliphatic heterocycles. The molecule has 0 N–H and O–H groups in total. The number of carbonyl (C=O) groups excluding carboxylic acids is 1. The molecule has 3 rings (SSSR count). The van der Waals surface area contributed by atoms with Gasteiger partial charge in [0.25, 0.3) is 5.91 Å². The van der Waals surface area contributed by atoms with Gasteiger partial charge < -0.3 is 4.90 Å². The number of thiazole rings is 1. The lowest BCUT2D eigenvalue weighted by Crippen LogP contribution is -2.48. The van der Waals surface area contributed by atoms with E-state index in [2.05, 4.69) is 26.7 Å². The maximum atomic E-state index is 12.5. The molecule has 21 heavy (non-hydrogen) atoms. The van der Waals surface area contributed by atoms with Crippen LogP contribution >= 0.6 is 22.7 Å². The van der Waals surface area contributed by atoms with E-state index >= 15 is 0 Å². The van der Waals surface area contributed by atoms with Crippen molar-refractivity contribution in [3.63, 3.8) is 0 Å². The zero-order valence-electron chi connectivity index (χ0n) is 12.3. The summed E-state index contributed by atoms with van der Waals surface area (Å²) >= 11 is 3.24. The molecule has 6 heteroatoms. The molecule has 1 saturated heterocycles. The monoisotopic (exact) mass is 321 g/mol. The molecule has 4 nitrogen and oxygen atoms in total. The standard InChI is InChI=1S/C15H19N3OS2/c1-11-14(21-12(2)16-11)15(19)18-6-4-17(5-7-18)9-13-3-8-20-10-13/h3,8,10H,4-7,9H2,1-2H3. The number of rotatable bonds is 3. The Hall–Kier alpha value is -1.24. The molecule has 0 saturated carbocycles. The molecule has 0 bridgehead atoms. The SMILES string of the molecule is Cc1nc(C)c(C(=O)N2CCN(Cc3ccsc3)CC2)s1. The summed E-state index contributed by atoms with van der Waals surface area (Å²) in [5.74, 6) is 0.147.